The maximum Gasteiger partial charge on any atom is 0.132 e. The summed E-state index contributed by atoms with van der Waals surface area (Å²) in [7, 11) is 0. The van der Waals surface area contributed by atoms with Crippen molar-refractivity contribution in [3.05, 3.63) is 34.9 Å². The van der Waals surface area contributed by atoms with Crippen molar-refractivity contribution in [3.63, 3.8) is 0 Å². The van der Waals surface area contributed by atoms with Crippen LogP contribution in [0.15, 0.2) is 18.2 Å². The van der Waals surface area contributed by atoms with Gasteiger partial charge in [0, 0.05) is 31.6 Å². The van der Waals surface area contributed by atoms with Gasteiger partial charge in [-0.1, -0.05) is 19.1 Å². The second-order valence-corrected chi connectivity index (χ2v) is 5.66. The van der Waals surface area contributed by atoms with E-state index in [0.29, 0.717) is 0 Å². The summed E-state index contributed by atoms with van der Waals surface area (Å²) in [5.74, 6) is 1.19. The van der Waals surface area contributed by atoms with E-state index in [2.05, 4.69) is 49.2 Å². The van der Waals surface area contributed by atoms with Gasteiger partial charge in [-0.3, -0.25) is 0 Å². The molecule has 0 unspecified atom stereocenters. The summed E-state index contributed by atoms with van der Waals surface area (Å²) < 4.78 is 0. The molecule has 0 atom stereocenters. The molecule has 1 fully saturated rings. The predicted octanol–water partition coefficient (Wildman–Crippen LogP) is 2.82. The average Bonchev–Trinajstić information content (AvgIpc) is 2.51. The SMILES string of the molecule is CCc1cc2c(C)ccc(C)c2nc1N1CCNCC1. The molecule has 2 heterocycles. The lowest BCUT2D eigenvalue weighted by molar-refractivity contribution is 0.584. The molecular formula is C17H23N3. The summed E-state index contributed by atoms with van der Waals surface area (Å²) in [6.45, 7) is 10.8. The Morgan fingerprint density at radius 3 is 2.55 bits per heavy atom. The van der Waals surface area contributed by atoms with Crippen LogP contribution in [-0.4, -0.2) is 31.2 Å². The van der Waals surface area contributed by atoms with Crippen molar-refractivity contribution in [2.24, 2.45) is 0 Å². The van der Waals surface area contributed by atoms with Gasteiger partial charge in [-0.25, -0.2) is 4.98 Å². The van der Waals surface area contributed by atoms with E-state index in [1.54, 1.807) is 0 Å². The number of hydrogen-bond acceptors (Lipinski definition) is 3. The fraction of sp³-hybridized carbons (Fsp3) is 0.471. The molecular weight excluding hydrogens is 246 g/mol. The van der Waals surface area contributed by atoms with Crippen molar-refractivity contribution in [2.45, 2.75) is 27.2 Å². The minimum absolute atomic E-state index is 1.04. The molecule has 0 amide bonds. The Hall–Kier alpha value is -1.61. The number of benzene rings is 1. The van der Waals surface area contributed by atoms with Crippen LogP contribution in [0.1, 0.15) is 23.6 Å². The standard InChI is InChI=1S/C17H23N3/c1-4-14-11-15-12(2)5-6-13(3)16(15)19-17(14)20-9-7-18-8-10-20/h5-6,11,18H,4,7-10H2,1-3H3. The van der Waals surface area contributed by atoms with Crippen molar-refractivity contribution in [3.8, 4) is 0 Å². The van der Waals surface area contributed by atoms with Gasteiger partial charge in [0.05, 0.1) is 5.52 Å². The van der Waals surface area contributed by atoms with Gasteiger partial charge >= 0.3 is 0 Å². The molecule has 3 rings (SSSR count). The number of pyridine rings is 1. The van der Waals surface area contributed by atoms with Gasteiger partial charge in [-0.2, -0.15) is 0 Å². The first kappa shape index (κ1) is 13.4. The van der Waals surface area contributed by atoms with Crippen molar-refractivity contribution >= 4 is 16.7 Å². The zero-order chi connectivity index (χ0) is 14.1. The Balaban J connectivity index is 2.17. The number of piperazine rings is 1. The highest BCUT2D eigenvalue weighted by atomic mass is 15.2. The highest BCUT2D eigenvalue weighted by Crippen LogP contribution is 2.28. The molecule has 0 bridgehead atoms. The molecule has 106 valence electrons. The number of fused-ring (bicyclic) bond motifs is 1. The van der Waals surface area contributed by atoms with E-state index in [1.807, 2.05) is 0 Å². The summed E-state index contributed by atoms with van der Waals surface area (Å²) in [5.41, 5.74) is 5.12. The predicted molar refractivity (Wildman–Crippen MR) is 85.7 cm³/mol. The van der Waals surface area contributed by atoms with Crippen LogP contribution in [-0.2, 0) is 6.42 Å². The average molecular weight is 269 g/mol. The largest absolute Gasteiger partial charge is 0.354 e. The third kappa shape index (κ3) is 2.27. The molecule has 3 nitrogen and oxygen atoms in total. The first-order chi connectivity index (χ1) is 9.70. The summed E-state index contributed by atoms with van der Waals surface area (Å²) in [6.07, 6.45) is 1.04. The lowest BCUT2D eigenvalue weighted by atomic mass is 10.0. The monoisotopic (exact) mass is 269 g/mol. The van der Waals surface area contributed by atoms with Crippen molar-refractivity contribution in [1.29, 1.82) is 0 Å². The van der Waals surface area contributed by atoms with Crippen molar-refractivity contribution < 1.29 is 0 Å². The zero-order valence-electron chi connectivity index (χ0n) is 12.7. The summed E-state index contributed by atoms with van der Waals surface area (Å²) in [4.78, 5) is 7.46. The Kier molecular flexibility index (Phi) is 3.62. The number of aromatic nitrogens is 1. The van der Waals surface area contributed by atoms with Gasteiger partial charge in [0.2, 0.25) is 0 Å². The minimum Gasteiger partial charge on any atom is -0.354 e. The van der Waals surface area contributed by atoms with Crippen LogP contribution >= 0.6 is 0 Å². The first-order valence-electron chi connectivity index (χ1n) is 7.56. The Morgan fingerprint density at radius 1 is 1.15 bits per heavy atom. The maximum atomic E-state index is 5.03. The molecule has 1 aliphatic heterocycles. The van der Waals surface area contributed by atoms with Gasteiger partial charge in [0.1, 0.15) is 5.82 Å². The maximum absolute atomic E-state index is 5.03. The smallest absolute Gasteiger partial charge is 0.132 e. The second kappa shape index (κ2) is 5.41. The van der Waals surface area contributed by atoms with Crippen LogP contribution in [0.3, 0.4) is 0 Å². The number of anilines is 1. The normalized spacial score (nSPS) is 15.8. The number of nitrogens with one attached hydrogen (secondary N) is 1. The van der Waals surface area contributed by atoms with Crippen LogP contribution in [0.25, 0.3) is 10.9 Å². The number of hydrogen-bond donors (Lipinski definition) is 1. The molecule has 0 spiro atoms. The van der Waals surface area contributed by atoms with Crippen LogP contribution < -0.4 is 10.2 Å². The van der Waals surface area contributed by atoms with Crippen LogP contribution in [0, 0.1) is 13.8 Å². The fourth-order valence-electron chi connectivity index (χ4n) is 2.98. The Bertz CT molecular complexity index is 628. The molecule has 1 aromatic carbocycles. The molecule has 0 saturated carbocycles. The van der Waals surface area contributed by atoms with E-state index >= 15 is 0 Å². The molecule has 1 aromatic heterocycles. The Labute approximate surface area is 121 Å². The summed E-state index contributed by atoms with van der Waals surface area (Å²) in [5, 5.41) is 4.72. The highest BCUT2D eigenvalue weighted by Gasteiger charge is 2.17. The Morgan fingerprint density at radius 2 is 1.85 bits per heavy atom. The first-order valence-corrected chi connectivity index (χ1v) is 7.56. The van der Waals surface area contributed by atoms with Crippen LogP contribution in [0.2, 0.25) is 0 Å². The van der Waals surface area contributed by atoms with E-state index < -0.39 is 0 Å². The van der Waals surface area contributed by atoms with Gasteiger partial charge in [-0.15, -0.1) is 0 Å². The third-order valence-electron chi connectivity index (χ3n) is 4.26. The molecule has 0 radical (unpaired) electrons. The fourth-order valence-corrected chi connectivity index (χ4v) is 2.98. The van der Waals surface area contributed by atoms with E-state index in [9.17, 15) is 0 Å². The number of nitrogens with zero attached hydrogens (tertiary/aromatic N) is 2. The molecule has 20 heavy (non-hydrogen) atoms. The van der Waals surface area contributed by atoms with Crippen LogP contribution in [0.4, 0.5) is 5.82 Å². The van der Waals surface area contributed by atoms with E-state index in [4.69, 9.17) is 4.98 Å². The molecule has 2 aromatic rings. The van der Waals surface area contributed by atoms with E-state index in [1.165, 1.54) is 27.9 Å². The topological polar surface area (TPSA) is 28.2 Å². The molecule has 1 saturated heterocycles. The minimum atomic E-state index is 1.04. The summed E-state index contributed by atoms with van der Waals surface area (Å²) in [6, 6.07) is 6.73. The van der Waals surface area contributed by atoms with Gasteiger partial charge in [-0.05, 0) is 43.0 Å². The van der Waals surface area contributed by atoms with Crippen molar-refractivity contribution in [2.75, 3.05) is 31.1 Å². The molecule has 1 N–H and O–H groups in total. The molecule has 0 aliphatic carbocycles. The lowest BCUT2D eigenvalue weighted by Gasteiger charge is -2.30. The summed E-state index contributed by atoms with van der Waals surface area (Å²) >= 11 is 0. The van der Waals surface area contributed by atoms with Gasteiger partial charge in [0.15, 0.2) is 0 Å². The zero-order valence-corrected chi connectivity index (χ0v) is 12.7. The van der Waals surface area contributed by atoms with Crippen LogP contribution in [0.5, 0.6) is 0 Å². The number of aryl methyl sites for hydroxylation is 3. The number of rotatable bonds is 2. The molecule has 3 heteroatoms. The third-order valence-corrected chi connectivity index (χ3v) is 4.26. The molecule has 1 aliphatic rings. The van der Waals surface area contributed by atoms with Gasteiger partial charge in [0.25, 0.3) is 0 Å². The van der Waals surface area contributed by atoms with E-state index in [0.717, 1.165) is 38.1 Å². The van der Waals surface area contributed by atoms with Gasteiger partial charge < -0.3 is 10.2 Å². The highest BCUT2D eigenvalue weighted by molar-refractivity contribution is 5.87. The van der Waals surface area contributed by atoms with E-state index in [-0.39, 0.29) is 0 Å². The lowest BCUT2D eigenvalue weighted by Crippen LogP contribution is -2.44. The quantitative estimate of drug-likeness (QED) is 0.908. The van der Waals surface area contributed by atoms with Crippen molar-refractivity contribution in [1.82, 2.24) is 10.3 Å². The second-order valence-electron chi connectivity index (χ2n) is 5.66.